The van der Waals surface area contributed by atoms with Crippen LogP contribution in [0.5, 0.6) is 28.7 Å². The molecule has 21 heteroatoms. The van der Waals surface area contributed by atoms with Crippen LogP contribution in [0.4, 0.5) is 0 Å². The average molecular weight is 787 g/mol. The molecule has 6 rings (SSSR count). The van der Waals surface area contributed by atoms with Gasteiger partial charge in [0, 0.05) is 17.7 Å². The summed E-state index contributed by atoms with van der Waals surface area (Å²) < 4.78 is 45.3. The third kappa shape index (κ3) is 7.77. The molecule has 3 aliphatic rings. The summed E-state index contributed by atoms with van der Waals surface area (Å²) in [5.74, 6) is -2.77. The number of fused-ring (bicyclic) bond motifs is 1. The molecule has 0 aliphatic carbocycles. The number of rotatable bonds is 10. The number of phenolic OH excluding ortho intramolecular Hbond substituents is 3. The highest BCUT2D eigenvalue weighted by molar-refractivity contribution is 5.88. The second-order valence-corrected chi connectivity index (χ2v) is 13.3. The first-order valence-corrected chi connectivity index (χ1v) is 16.9. The van der Waals surface area contributed by atoms with E-state index >= 15 is 0 Å². The van der Waals surface area contributed by atoms with E-state index in [1.165, 1.54) is 32.2 Å². The van der Waals surface area contributed by atoms with E-state index in [1.807, 2.05) is 0 Å². The standard InChI is InChI=1S/C34H42O21/c1-10-20(39)24(43)27(46)32(50-10)49-9-18-22(41)26(45)31(55-33-28(47)25(44)21(40)17(8-35)52-33)34(53-18)54-30-23(42)19-14(38)6-12(36)7-16(19)51-29(30)11-3-4-13(37)15(5-11)48-2/h3-7,10,17-18,20-22,24-28,31-41,43-47H,8-9H2,1-2H3/t10-,17+,18+,20-,21+,22+,24+,25-,26-,27+,28+,31+,32+,33-,34-/m0/s1. The SMILES string of the molecule is COc1cc(-c2oc3cc(O)cc(O)c3c(=O)c2O[C@@H]2O[C@H](CO[C@@H]3O[C@@H](C)[C@H](O)[C@@H](O)[C@H]3O)[C@@H](O)[C@H](O)[C@H]2O[C@@H]2O[C@H](CO)[C@@H](O)[C@H](O)[C@H]2O)ccc1O. The van der Waals surface area contributed by atoms with Gasteiger partial charge in [0.1, 0.15) is 83.5 Å². The van der Waals surface area contributed by atoms with Crippen molar-refractivity contribution < 1.29 is 98.9 Å². The summed E-state index contributed by atoms with van der Waals surface area (Å²) in [4.78, 5) is 14.2. The monoisotopic (exact) mass is 786 g/mol. The lowest BCUT2D eigenvalue weighted by molar-refractivity contribution is -0.362. The maximum absolute atomic E-state index is 14.2. The van der Waals surface area contributed by atoms with E-state index < -0.39 is 139 Å². The fraction of sp³-hybridized carbons (Fsp3) is 0.559. The highest BCUT2D eigenvalue weighted by Gasteiger charge is 2.52. The smallest absolute Gasteiger partial charge is 0.239 e. The summed E-state index contributed by atoms with van der Waals surface area (Å²) in [6, 6.07) is 5.60. The molecule has 3 saturated heterocycles. The fourth-order valence-corrected chi connectivity index (χ4v) is 6.46. The van der Waals surface area contributed by atoms with E-state index in [4.69, 9.17) is 37.6 Å². The van der Waals surface area contributed by atoms with Crippen LogP contribution in [0.25, 0.3) is 22.3 Å². The minimum Gasteiger partial charge on any atom is -0.508 e. The van der Waals surface area contributed by atoms with E-state index in [9.17, 15) is 66.1 Å². The number of ether oxygens (including phenoxy) is 7. The van der Waals surface area contributed by atoms with Gasteiger partial charge < -0.3 is 98.9 Å². The van der Waals surface area contributed by atoms with Gasteiger partial charge in [0.25, 0.3) is 0 Å². The Morgan fingerprint density at radius 3 is 2.05 bits per heavy atom. The second-order valence-electron chi connectivity index (χ2n) is 13.3. The highest BCUT2D eigenvalue weighted by Crippen LogP contribution is 2.40. The predicted octanol–water partition coefficient (Wildman–Crippen LogP) is -3.56. The van der Waals surface area contributed by atoms with Gasteiger partial charge in [0.05, 0.1) is 26.4 Å². The molecule has 55 heavy (non-hydrogen) atoms. The summed E-state index contributed by atoms with van der Waals surface area (Å²) in [7, 11) is 1.25. The molecule has 0 spiro atoms. The van der Waals surface area contributed by atoms with E-state index in [0.717, 1.165) is 12.1 Å². The number of benzene rings is 2. The van der Waals surface area contributed by atoms with E-state index in [-0.39, 0.29) is 22.6 Å². The Morgan fingerprint density at radius 1 is 0.709 bits per heavy atom. The minimum absolute atomic E-state index is 0.0208. The highest BCUT2D eigenvalue weighted by atomic mass is 16.8. The van der Waals surface area contributed by atoms with Crippen molar-refractivity contribution in [1.82, 2.24) is 0 Å². The Morgan fingerprint density at radius 2 is 1.36 bits per heavy atom. The Kier molecular flexibility index (Phi) is 12.1. The molecular weight excluding hydrogens is 744 g/mol. The Hall–Kier alpha value is -3.91. The van der Waals surface area contributed by atoms with Crippen LogP contribution in [0.15, 0.2) is 39.5 Å². The number of aliphatic hydroxyl groups is 9. The number of phenols is 3. The van der Waals surface area contributed by atoms with Gasteiger partial charge in [-0.05, 0) is 25.1 Å². The molecule has 304 valence electrons. The lowest BCUT2D eigenvalue weighted by atomic mass is 9.97. The zero-order valence-corrected chi connectivity index (χ0v) is 29.0. The molecule has 4 heterocycles. The average Bonchev–Trinajstić information content (AvgIpc) is 3.15. The summed E-state index contributed by atoms with van der Waals surface area (Å²) >= 11 is 0. The molecule has 1 aromatic heterocycles. The molecule has 15 atom stereocenters. The number of hydrogen-bond acceptors (Lipinski definition) is 21. The topological polar surface area (TPSA) is 338 Å². The first-order chi connectivity index (χ1) is 26.1. The van der Waals surface area contributed by atoms with Crippen molar-refractivity contribution in [3.05, 3.63) is 40.6 Å². The molecule has 0 radical (unpaired) electrons. The predicted molar refractivity (Wildman–Crippen MR) is 178 cm³/mol. The van der Waals surface area contributed by atoms with Crippen LogP contribution >= 0.6 is 0 Å². The molecule has 3 aliphatic heterocycles. The third-order valence-corrected chi connectivity index (χ3v) is 9.61. The van der Waals surface area contributed by atoms with Crippen molar-refractivity contribution in [2.45, 2.75) is 99.0 Å². The maximum Gasteiger partial charge on any atom is 0.239 e. The zero-order valence-electron chi connectivity index (χ0n) is 29.0. The van der Waals surface area contributed by atoms with Gasteiger partial charge in [0.15, 0.2) is 35.9 Å². The van der Waals surface area contributed by atoms with Gasteiger partial charge in [-0.3, -0.25) is 4.79 Å². The van der Waals surface area contributed by atoms with Gasteiger partial charge in [0.2, 0.25) is 17.5 Å². The third-order valence-electron chi connectivity index (χ3n) is 9.61. The largest absolute Gasteiger partial charge is 0.508 e. The summed E-state index contributed by atoms with van der Waals surface area (Å²) in [5, 5.41) is 125. The number of hydrogen-bond donors (Lipinski definition) is 12. The summed E-state index contributed by atoms with van der Waals surface area (Å²) in [6.07, 6.45) is -26.4. The Bertz CT molecular complexity index is 1870. The van der Waals surface area contributed by atoms with Crippen molar-refractivity contribution in [2.75, 3.05) is 20.3 Å². The Balaban J connectivity index is 1.41. The van der Waals surface area contributed by atoms with E-state index in [0.29, 0.717) is 0 Å². The second kappa shape index (κ2) is 16.3. The molecule has 0 bridgehead atoms. The lowest BCUT2D eigenvalue weighted by Gasteiger charge is -2.46. The van der Waals surface area contributed by atoms with Gasteiger partial charge in [-0.15, -0.1) is 0 Å². The van der Waals surface area contributed by atoms with Crippen molar-refractivity contribution in [1.29, 1.82) is 0 Å². The van der Waals surface area contributed by atoms with Crippen molar-refractivity contribution in [3.63, 3.8) is 0 Å². The van der Waals surface area contributed by atoms with Gasteiger partial charge >= 0.3 is 0 Å². The molecule has 21 nitrogen and oxygen atoms in total. The van der Waals surface area contributed by atoms with Crippen LogP contribution in [0.2, 0.25) is 0 Å². The zero-order chi connectivity index (χ0) is 40.0. The fourth-order valence-electron chi connectivity index (χ4n) is 6.46. The van der Waals surface area contributed by atoms with Crippen LogP contribution in [0.1, 0.15) is 6.92 Å². The van der Waals surface area contributed by atoms with Gasteiger partial charge in [-0.1, -0.05) is 0 Å². The van der Waals surface area contributed by atoms with Crippen molar-refractivity contribution in [3.8, 4) is 40.1 Å². The van der Waals surface area contributed by atoms with Crippen LogP contribution in [-0.4, -0.2) is 174 Å². The van der Waals surface area contributed by atoms with E-state index in [2.05, 4.69) is 0 Å². The molecule has 3 fully saturated rings. The summed E-state index contributed by atoms with van der Waals surface area (Å²) in [6.45, 7) is -0.171. The van der Waals surface area contributed by atoms with Crippen LogP contribution in [0.3, 0.4) is 0 Å². The number of aromatic hydroxyl groups is 3. The first-order valence-electron chi connectivity index (χ1n) is 16.9. The van der Waals surface area contributed by atoms with Crippen molar-refractivity contribution >= 4 is 11.0 Å². The molecule has 0 amide bonds. The van der Waals surface area contributed by atoms with Gasteiger partial charge in [-0.2, -0.15) is 0 Å². The Labute approximate surface area is 309 Å². The first kappa shape index (κ1) is 40.7. The molecule has 3 aromatic rings. The maximum atomic E-state index is 14.2. The molecule has 2 aromatic carbocycles. The quantitative estimate of drug-likeness (QED) is 0.0946. The van der Waals surface area contributed by atoms with Crippen molar-refractivity contribution in [2.24, 2.45) is 0 Å². The molecule has 0 unspecified atom stereocenters. The van der Waals surface area contributed by atoms with E-state index in [1.54, 1.807) is 0 Å². The molecule has 0 saturated carbocycles. The van der Waals surface area contributed by atoms with Crippen LogP contribution < -0.4 is 14.9 Å². The number of methoxy groups -OCH3 is 1. The van der Waals surface area contributed by atoms with Crippen LogP contribution in [-0.2, 0) is 23.7 Å². The molecule has 12 N–H and O–H groups in total. The molecular formula is C34H42O21. The number of aliphatic hydroxyl groups excluding tert-OH is 9. The summed E-state index contributed by atoms with van der Waals surface area (Å²) in [5.41, 5.74) is -1.39. The lowest BCUT2D eigenvalue weighted by Crippen LogP contribution is -2.65. The van der Waals surface area contributed by atoms with Crippen LogP contribution in [0, 0.1) is 0 Å². The minimum atomic E-state index is -2.08. The van der Waals surface area contributed by atoms with Gasteiger partial charge in [-0.25, -0.2) is 0 Å². The normalized spacial score (nSPS) is 36.8.